The number of rotatable bonds is 4. The van der Waals surface area contributed by atoms with Crippen LogP contribution in [0.25, 0.3) is 11.0 Å². The molecule has 1 aromatic heterocycles. The number of fused-ring (bicyclic) bond motifs is 1. The monoisotopic (exact) mass is 264 g/mol. The van der Waals surface area contributed by atoms with Crippen molar-refractivity contribution >= 4 is 28.7 Å². The Kier molecular flexibility index (Phi) is 3.72. The molecule has 4 nitrogen and oxygen atoms in total. The number of thioether (sulfide) groups is 1. The average Bonchev–Trinajstić information content (AvgIpc) is 2.27. The molecule has 1 aromatic carbocycles. The third-order valence-electron chi connectivity index (χ3n) is 2.47. The maximum absolute atomic E-state index is 11.4. The van der Waals surface area contributed by atoms with Crippen LogP contribution < -0.4 is 5.63 Å². The van der Waals surface area contributed by atoms with Crippen molar-refractivity contribution in [2.24, 2.45) is 0 Å². The summed E-state index contributed by atoms with van der Waals surface area (Å²) in [6.45, 7) is 1.92. The van der Waals surface area contributed by atoms with E-state index in [0.717, 1.165) is 16.5 Å². The Labute approximate surface area is 108 Å². The molecule has 2 aromatic rings. The SMILES string of the molecule is Cc1ccc2c(CSCC(=O)O)cc(=O)oc2c1. The molecule has 0 saturated heterocycles. The van der Waals surface area contributed by atoms with E-state index in [1.54, 1.807) is 0 Å². The first-order valence-electron chi connectivity index (χ1n) is 5.39. The van der Waals surface area contributed by atoms with Gasteiger partial charge in [-0.15, -0.1) is 11.8 Å². The van der Waals surface area contributed by atoms with Crippen molar-refractivity contribution in [1.29, 1.82) is 0 Å². The Hall–Kier alpha value is -1.75. The van der Waals surface area contributed by atoms with E-state index in [1.165, 1.54) is 17.8 Å². The third kappa shape index (κ3) is 2.92. The number of benzene rings is 1. The summed E-state index contributed by atoms with van der Waals surface area (Å²) in [5.74, 6) is -0.353. The second-order valence-electron chi connectivity index (χ2n) is 3.98. The van der Waals surface area contributed by atoms with Gasteiger partial charge < -0.3 is 9.52 Å². The van der Waals surface area contributed by atoms with Gasteiger partial charge in [-0.2, -0.15) is 0 Å². The number of hydrogen-bond donors (Lipinski definition) is 1. The van der Waals surface area contributed by atoms with Gasteiger partial charge in [0.05, 0.1) is 5.75 Å². The molecule has 0 radical (unpaired) electrons. The normalized spacial score (nSPS) is 10.7. The van der Waals surface area contributed by atoms with Gasteiger partial charge >= 0.3 is 11.6 Å². The Bertz CT molecular complexity index is 645. The van der Waals surface area contributed by atoms with Gasteiger partial charge in [0.25, 0.3) is 0 Å². The van der Waals surface area contributed by atoms with E-state index in [9.17, 15) is 9.59 Å². The van der Waals surface area contributed by atoms with Crippen LogP contribution in [0.2, 0.25) is 0 Å². The predicted octanol–water partition coefficient (Wildman–Crippen LogP) is 2.42. The number of carboxylic acid groups (broad SMARTS) is 1. The summed E-state index contributed by atoms with van der Waals surface area (Å²) in [6, 6.07) is 7.06. The topological polar surface area (TPSA) is 67.5 Å². The van der Waals surface area contributed by atoms with Crippen molar-refractivity contribution in [1.82, 2.24) is 0 Å². The van der Waals surface area contributed by atoms with Crippen LogP contribution in [0.15, 0.2) is 33.5 Å². The molecular formula is C13H12O4S. The lowest BCUT2D eigenvalue weighted by Crippen LogP contribution is -2.02. The highest BCUT2D eigenvalue weighted by atomic mass is 32.2. The van der Waals surface area contributed by atoms with Crippen LogP contribution >= 0.6 is 11.8 Å². The van der Waals surface area contributed by atoms with E-state index in [-0.39, 0.29) is 5.75 Å². The largest absolute Gasteiger partial charge is 0.481 e. The van der Waals surface area contributed by atoms with Gasteiger partial charge in [0.2, 0.25) is 0 Å². The highest BCUT2D eigenvalue weighted by Gasteiger charge is 2.07. The van der Waals surface area contributed by atoms with Crippen molar-refractivity contribution < 1.29 is 14.3 Å². The molecule has 94 valence electrons. The van der Waals surface area contributed by atoms with Gasteiger partial charge in [0.15, 0.2) is 0 Å². The standard InChI is InChI=1S/C13H12O4S/c1-8-2-3-10-9(6-18-7-12(14)15)5-13(16)17-11(10)4-8/h2-5H,6-7H2,1H3,(H,14,15). The molecule has 1 heterocycles. The number of carboxylic acids is 1. The van der Waals surface area contributed by atoms with Crippen LogP contribution in [0, 0.1) is 6.92 Å². The van der Waals surface area contributed by atoms with Gasteiger partial charge in [-0.3, -0.25) is 4.79 Å². The minimum absolute atomic E-state index is 0.0214. The van der Waals surface area contributed by atoms with E-state index in [0.29, 0.717) is 11.3 Å². The molecule has 0 saturated carbocycles. The molecule has 0 aliphatic heterocycles. The predicted molar refractivity (Wildman–Crippen MR) is 71.0 cm³/mol. The van der Waals surface area contributed by atoms with Gasteiger partial charge in [0.1, 0.15) is 5.58 Å². The zero-order valence-corrected chi connectivity index (χ0v) is 10.6. The minimum Gasteiger partial charge on any atom is -0.481 e. The summed E-state index contributed by atoms with van der Waals surface area (Å²) in [7, 11) is 0. The molecule has 0 bridgehead atoms. The molecule has 0 aliphatic carbocycles. The fourth-order valence-electron chi connectivity index (χ4n) is 1.70. The first-order chi connectivity index (χ1) is 8.56. The summed E-state index contributed by atoms with van der Waals surface area (Å²) in [6.07, 6.45) is 0. The van der Waals surface area contributed by atoms with Crippen LogP contribution in [-0.2, 0) is 10.5 Å². The molecular weight excluding hydrogens is 252 g/mol. The molecule has 0 unspecified atom stereocenters. The van der Waals surface area contributed by atoms with E-state index >= 15 is 0 Å². The number of hydrogen-bond acceptors (Lipinski definition) is 4. The lowest BCUT2D eigenvalue weighted by Gasteiger charge is -2.05. The molecule has 18 heavy (non-hydrogen) atoms. The third-order valence-corrected chi connectivity index (χ3v) is 3.44. The smallest absolute Gasteiger partial charge is 0.336 e. The summed E-state index contributed by atoms with van der Waals surface area (Å²) >= 11 is 1.26. The van der Waals surface area contributed by atoms with Crippen molar-refractivity contribution in [3.63, 3.8) is 0 Å². The van der Waals surface area contributed by atoms with E-state index < -0.39 is 11.6 Å². The van der Waals surface area contributed by atoms with Gasteiger partial charge in [-0.1, -0.05) is 12.1 Å². The number of aliphatic carboxylic acids is 1. The first-order valence-corrected chi connectivity index (χ1v) is 6.54. The Morgan fingerprint density at radius 3 is 2.89 bits per heavy atom. The fourth-order valence-corrected chi connectivity index (χ4v) is 2.44. The summed E-state index contributed by atoms with van der Waals surface area (Å²) < 4.78 is 5.13. The molecule has 1 N–H and O–H groups in total. The van der Waals surface area contributed by atoms with Crippen LogP contribution in [0.4, 0.5) is 0 Å². The molecule has 0 spiro atoms. The fraction of sp³-hybridized carbons (Fsp3) is 0.231. The summed E-state index contributed by atoms with van der Waals surface area (Å²) in [4.78, 5) is 21.9. The van der Waals surface area contributed by atoms with Gasteiger partial charge in [-0.25, -0.2) is 4.79 Å². The quantitative estimate of drug-likeness (QED) is 0.859. The van der Waals surface area contributed by atoms with Crippen molar-refractivity contribution in [2.75, 3.05) is 5.75 Å². The maximum atomic E-state index is 11.4. The molecule has 0 amide bonds. The van der Waals surface area contributed by atoms with Crippen LogP contribution in [0.5, 0.6) is 0 Å². The van der Waals surface area contributed by atoms with Crippen LogP contribution in [0.3, 0.4) is 0 Å². The van der Waals surface area contributed by atoms with E-state index in [1.807, 2.05) is 25.1 Å². The molecule has 2 rings (SSSR count). The Morgan fingerprint density at radius 1 is 1.39 bits per heavy atom. The zero-order valence-electron chi connectivity index (χ0n) is 9.80. The number of carbonyl (C=O) groups is 1. The van der Waals surface area contributed by atoms with E-state index in [2.05, 4.69) is 0 Å². The lowest BCUT2D eigenvalue weighted by molar-refractivity contribution is -0.133. The van der Waals surface area contributed by atoms with Gasteiger partial charge in [-0.05, 0) is 24.1 Å². The van der Waals surface area contributed by atoms with Crippen LogP contribution in [-0.4, -0.2) is 16.8 Å². The van der Waals surface area contributed by atoms with E-state index in [4.69, 9.17) is 9.52 Å². The highest BCUT2D eigenvalue weighted by Crippen LogP contribution is 2.22. The highest BCUT2D eigenvalue weighted by molar-refractivity contribution is 7.99. The number of aryl methyl sites for hydroxylation is 1. The molecule has 0 aliphatic rings. The molecule has 0 atom stereocenters. The van der Waals surface area contributed by atoms with Crippen molar-refractivity contribution in [2.45, 2.75) is 12.7 Å². The second-order valence-corrected chi connectivity index (χ2v) is 4.96. The van der Waals surface area contributed by atoms with Crippen LogP contribution in [0.1, 0.15) is 11.1 Å². The lowest BCUT2D eigenvalue weighted by atomic mass is 10.1. The summed E-state index contributed by atoms with van der Waals surface area (Å²) in [5, 5.41) is 9.45. The first kappa shape index (κ1) is 12.7. The minimum atomic E-state index is -0.858. The average molecular weight is 264 g/mol. The molecule has 0 fully saturated rings. The summed E-state index contributed by atoms with van der Waals surface area (Å²) in [5.41, 5.74) is 1.97. The van der Waals surface area contributed by atoms with Crippen molar-refractivity contribution in [3.8, 4) is 0 Å². The van der Waals surface area contributed by atoms with Gasteiger partial charge in [0, 0.05) is 17.2 Å². The maximum Gasteiger partial charge on any atom is 0.336 e. The molecule has 5 heteroatoms. The zero-order chi connectivity index (χ0) is 13.1. The Morgan fingerprint density at radius 2 is 2.17 bits per heavy atom. The van der Waals surface area contributed by atoms with Crippen molar-refractivity contribution in [3.05, 3.63) is 45.8 Å². The Balaban J connectivity index is 2.37. The second kappa shape index (κ2) is 5.27.